The zero-order chi connectivity index (χ0) is 9.12. The largest absolute Gasteiger partial charge is 0.348 e. The van der Waals surface area contributed by atoms with Crippen LogP contribution in [0.15, 0.2) is 12.4 Å². The number of fused-ring (bicyclic) bond motifs is 1. The third-order valence-electron chi connectivity index (χ3n) is 3.83. The molecular formula is C12H14N2. The lowest BCUT2D eigenvalue weighted by Gasteiger charge is -2.02. The molecule has 1 heterocycles. The van der Waals surface area contributed by atoms with Crippen LogP contribution in [0.4, 0.5) is 0 Å². The minimum absolute atomic E-state index is 0.797. The van der Waals surface area contributed by atoms with Crippen LogP contribution in [-0.2, 0) is 0 Å². The van der Waals surface area contributed by atoms with Gasteiger partial charge in [-0.15, -0.1) is 0 Å². The Morgan fingerprint density at radius 3 is 3.00 bits per heavy atom. The maximum absolute atomic E-state index is 4.49. The van der Waals surface area contributed by atoms with Crippen LogP contribution < -0.4 is 0 Å². The molecule has 0 aliphatic heterocycles. The highest BCUT2D eigenvalue weighted by Gasteiger charge is 2.42. The van der Waals surface area contributed by atoms with E-state index in [1.165, 1.54) is 42.6 Å². The van der Waals surface area contributed by atoms with Gasteiger partial charge in [0.05, 0.1) is 12.0 Å². The second-order valence-electron chi connectivity index (χ2n) is 4.99. The van der Waals surface area contributed by atoms with Crippen LogP contribution in [0, 0.1) is 11.8 Å². The van der Waals surface area contributed by atoms with Gasteiger partial charge in [-0.25, -0.2) is 4.98 Å². The molecule has 4 rings (SSSR count). The number of nitrogens with one attached hydrogen (secondary N) is 1. The first kappa shape index (κ1) is 7.27. The van der Waals surface area contributed by atoms with E-state index in [-0.39, 0.29) is 0 Å². The van der Waals surface area contributed by atoms with Crippen molar-refractivity contribution in [3.8, 4) is 0 Å². The van der Waals surface area contributed by atoms with Crippen molar-refractivity contribution >= 4 is 5.57 Å². The molecule has 2 fully saturated rings. The van der Waals surface area contributed by atoms with Gasteiger partial charge in [-0.2, -0.15) is 0 Å². The molecule has 0 amide bonds. The van der Waals surface area contributed by atoms with Crippen LogP contribution in [0.3, 0.4) is 0 Å². The van der Waals surface area contributed by atoms with Gasteiger partial charge in [0.25, 0.3) is 0 Å². The van der Waals surface area contributed by atoms with Crippen LogP contribution in [0.1, 0.15) is 43.0 Å². The quantitative estimate of drug-likeness (QED) is 0.755. The molecule has 0 spiro atoms. The molecule has 0 bridgehead atoms. The van der Waals surface area contributed by atoms with Gasteiger partial charge in [-0.1, -0.05) is 6.08 Å². The summed E-state index contributed by atoms with van der Waals surface area (Å²) in [5, 5.41) is 0. The van der Waals surface area contributed by atoms with Crippen LogP contribution in [0.5, 0.6) is 0 Å². The molecule has 1 N–H and O–H groups in total. The molecule has 14 heavy (non-hydrogen) atoms. The summed E-state index contributed by atoms with van der Waals surface area (Å²) in [7, 11) is 0. The molecule has 2 atom stereocenters. The van der Waals surface area contributed by atoms with Crippen molar-refractivity contribution in [1.82, 2.24) is 9.97 Å². The number of aromatic amines is 1. The smallest absolute Gasteiger partial charge is 0.0929 e. The highest BCUT2D eigenvalue weighted by molar-refractivity contribution is 5.69. The van der Waals surface area contributed by atoms with E-state index in [0.717, 1.165) is 17.8 Å². The topological polar surface area (TPSA) is 28.7 Å². The predicted octanol–water partition coefficient (Wildman–Crippen LogP) is 2.71. The van der Waals surface area contributed by atoms with Crippen LogP contribution in [0.2, 0.25) is 0 Å². The molecule has 1 aromatic heterocycles. The van der Waals surface area contributed by atoms with Gasteiger partial charge in [0.2, 0.25) is 0 Å². The van der Waals surface area contributed by atoms with E-state index in [0.29, 0.717) is 0 Å². The Balaban J connectivity index is 1.74. The van der Waals surface area contributed by atoms with Crippen LogP contribution in [0.25, 0.3) is 5.57 Å². The number of allylic oxidation sites excluding steroid dienone is 2. The van der Waals surface area contributed by atoms with E-state index in [2.05, 4.69) is 16.0 Å². The fourth-order valence-electron chi connectivity index (χ4n) is 2.74. The second kappa shape index (κ2) is 2.30. The van der Waals surface area contributed by atoms with E-state index < -0.39 is 0 Å². The maximum Gasteiger partial charge on any atom is 0.0929 e. The summed E-state index contributed by atoms with van der Waals surface area (Å²) in [4.78, 5) is 7.81. The SMILES string of the molecule is C1=C(c2nc[nH]c2C2CC2)CC2CC12. The first-order chi connectivity index (χ1) is 6.92. The molecule has 2 saturated carbocycles. The summed E-state index contributed by atoms with van der Waals surface area (Å²) < 4.78 is 0. The number of hydrogen-bond acceptors (Lipinski definition) is 1. The fourth-order valence-corrected chi connectivity index (χ4v) is 2.74. The number of H-pyrrole nitrogens is 1. The minimum Gasteiger partial charge on any atom is -0.348 e. The van der Waals surface area contributed by atoms with Crippen molar-refractivity contribution in [3.63, 3.8) is 0 Å². The second-order valence-corrected chi connectivity index (χ2v) is 4.99. The molecule has 2 unspecified atom stereocenters. The Morgan fingerprint density at radius 2 is 2.29 bits per heavy atom. The Kier molecular flexibility index (Phi) is 1.20. The lowest BCUT2D eigenvalue weighted by molar-refractivity contribution is 0.859. The lowest BCUT2D eigenvalue weighted by atomic mass is 10.1. The molecule has 3 aliphatic carbocycles. The summed E-state index contributed by atoms with van der Waals surface area (Å²) >= 11 is 0. The molecule has 2 heteroatoms. The zero-order valence-corrected chi connectivity index (χ0v) is 8.16. The Morgan fingerprint density at radius 1 is 1.36 bits per heavy atom. The Bertz CT molecular complexity index is 412. The van der Waals surface area contributed by atoms with Crippen molar-refractivity contribution in [2.45, 2.75) is 31.6 Å². The molecule has 0 radical (unpaired) electrons. The van der Waals surface area contributed by atoms with E-state index in [9.17, 15) is 0 Å². The van der Waals surface area contributed by atoms with Crippen LogP contribution >= 0.6 is 0 Å². The maximum atomic E-state index is 4.49. The number of nitrogens with zero attached hydrogens (tertiary/aromatic N) is 1. The van der Waals surface area contributed by atoms with E-state index >= 15 is 0 Å². The predicted molar refractivity (Wildman–Crippen MR) is 54.8 cm³/mol. The molecule has 1 aromatic rings. The minimum atomic E-state index is 0.797. The van der Waals surface area contributed by atoms with Crippen molar-refractivity contribution in [1.29, 1.82) is 0 Å². The summed E-state index contributed by atoms with van der Waals surface area (Å²) in [6.07, 6.45) is 9.77. The van der Waals surface area contributed by atoms with Crippen molar-refractivity contribution < 1.29 is 0 Å². The fraction of sp³-hybridized carbons (Fsp3) is 0.583. The number of hydrogen-bond donors (Lipinski definition) is 1. The lowest BCUT2D eigenvalue weighted by Crippen LogP contribution is -1.90. The van der Waals surface area contributed by atoms with Gasteiger partial charge >= 0.3 is 0 Å². The van der Waals surface area contributed by atoms with Crippen LogP contribution in [-0.4, -0.2) is 9.97 Å². The average molecular weight is 186 g/mol. The molecular weight excluding hydrogens is 172 g/mol. The van der Waals surface area contributed by atoms with E-state index in [1.807, 2.05) is 6.33 Å². The van der Waals surface area contributed by atoms with Gasteiger partial charge in [0, 0.05) is 11.6 Å². The summed E-state index contributed by atoms with van der Waals surface area (Å²) in [5.74, 6) is 2.69. The third-order valence-corrected chi connectivity index (χ3v) is 3.83. The van der Waals surface area contributed by atoms with Gasteiger partial charge in [0.15, 0.2) is 0 Å². The number of aromatic nitrogens is 2. The first-order valence-electron chi connectivity index (χ1n) is 5.66. The summed E-state index contributed by atoms with van der Waals surface area (Å²) in [6.45, 7) is 0. The Hall–Kier alpha value is -1.05. The molecule has 3 aliphatic rings. The third kappa shape index (κ3) is 0.941. The van der Waals surface area contributed by atoms with Gasteiger partial charge in [-0.05, 0) is 43.1 Å². The van der Waals surface area contributed by atoms with Crippen molar-refractivity contribution in [2.75, 3.05) is 0 Å². The molecule has 72 valence electrons. The standard InChI is InChI=1S/C12H14N2/c1-2-7(1)11-12(14-6-13-11)10-4-8-3-9(8)5-10/h4,6-9H,1-3,5H2,(H,13,14). The first-order valence-corrected chi connectivity index (χ1v) is 5.66. The average Bonchev–Trinajstić information content (AvgIpc) is 3.09. The monoisotopic (exact) mass is 186 g/mol. The zero-order valence-electron chi connectivity index (χ0n) is 8.16. The highest BCUT2D eigenvalue weighted by Crippen LogP contribution is 2.54. The Labute approximate surface area is 83.4 Å². The number of rotatable bonds is 2. The van der Waals surface area contributed by atoms with Crippen molar-refractivity contribution in [2.24, 2.45) is 11.8 Å². The van der Waals surface area contributed by atoms with Gasteiger partial charge in [-0.3, -0.25) is 0 Å². The number of imidazole rings is 1. The highest BCUT2D eigenvalue weighted by atomic mass is 14.9. The van der Waals surface area contributed by atoms with Gasteiger partial charge < -0.3 is 4.98 Å². The van der Waals surface area contributed by atoms with E-state index in [1.54, 1.807) is 0 Å². The van der Waals surface area contributed by atoms with E-state index in [4.69, 9.17) is 0 Å². The normalized spacial score (nSPS) is 34.1. The van der Waals surface area contributed by atoms with Gasteiger partial charge in [0.1, 0.15) is 0 Å². The molecule has 0 aromatic carbocycles. The summed E-state index contributed by atoms with van der Waals surface area (Å²) in [5.41, 5.74) is 4.23. The molecule has 2 nitrogen and oxygen atoms in total. The summed E-state index contributed by atoms with van der Waals surface area (Å²) in [6, 6.07) is 0. The van der Waals surface area contributed by atoms with Crippen molar-refractivity contribution in [3.05, 3.63) is 23.8 Å². The molecule has 0 saturated heterocycles.